The molecule has 1 atom stereocenters. The van der Waals surface area contributed by atoms with E-state index in [2.05, 4.69) is 35.1 Å². The molecular formula is C22H26N2O3. The lowest BCUT2D eigenvalue weighted by atomic mass is 9.93. The number of nitrogens with zero attached hydrogens (tertiary/aromatic N) is 1. The number of benzene rings is 2. The van der Waals surface area contributed by atoms with Gasteiger partial charge in [0, 0.05) is 49.1 Å². The van der Waals surface area contributed by atoms with E-state index in [4.69, 9.17) is 14.2 Å². The Hall–Kier alpha value is -2.66. The van der Waals surface area contributed by atoms with Crippen LogP contribution in [0, 0.1) is 0 Å². The number of ether oxygens (including phenoxy) is 3. The van der Waals surface area contributed by atoms with Gasteiger partial charge in [0.2, 0.25) is 0 Å². The summed E-state index contributed by atoms with van der Waals surface area (Å²) in [6.07, 6.45) is 3.47. The van der Waals surface area contributed by atoms with E-state index >= 15 is 0 Å². The molecule has 1 unspecified atom stereocenters. The van der Waals surface area contributed by atoms with Crippen molar-refractivity contribution in [1.29, 1.82) is 0 Å². The van der Waals surface area contributed by atoms with Gasteiger partial charge >= 0.3 is 0 Å². The Morgan fingerprint density at radius 1 is 0.963 bits per heavy atom. The smallest absolute Gasteiger partial charge is 0.162 e. The van der Waals surface area contributed by atoms with E-state index < -0.39 is 0 Å². The van der Waals surface area contributed by atoms with Gasteiger partial charge in [0.25, 0.3) is 0 Å². The molecule has 0 bridgehead atoms. The monoisotopic (exact) mass is 366 g/mol. The van der Waals surface area contributed by atoms with E-state index in [0.717, 1.165) is 36.4 Å². The Kier molecular flexibility index (Phi) is 4.70. The highest BCUT2D eigenvalue weighted by molar-refractivity contribution is 5.89. The topological polar surface area (TPSA) is 44.7 Å². The molecule has 5 heteroatoms. The van der Waals surface area contributed by atoms with Gasteiger partial charge in [0.05, 0.1) is 25.8 Å². The Bertz CT molecular complexity index is 977. The lowest BCUT2D eigenvalue weighted by molar-refractivity contribution is 0.0908. The fraction of sp³-hybridized carbons (Fsp3) is 0.364. The molecule has 0 saturated heterocycles. The van der Waals surface area contributed by atoms with Crippen molar-refractivity contribution < 1.29 is 14.2 Å². The van der Waals surface area contributed by atoms with E-state index in [1.54, 1.807) is 14.2 Å². The first-order valence-electron chi connectivity index (χ1n) is 9.26. The summed E-state index contributed by atoms with van der Waals surface area (Å²) in [6, 6.07) is 12.4. The molecule has 0 fully saturated rings. The Balaban J connectivity index is 1.68. The molecule has 0 amide bonds. The summed E-state index contributed by atoms with van der Waals surface area (Å²) in [5.74, 6) is 1.44. The molecule has 0 spiro atoms. The van der Waals surface area contributed by atoms with Gasteiger partial charge in [0.1, 0.15) is 0 Å². The number of rotatable bonds is 5. The highest BCUT2D eigenvalue weighted by Gasteiger charge is 2.24. The molecule has 27 heavy (non-hydrogen) atoms. The molecule has 142 valence electrons. The van der Waals surface area contributed by atoms with Gasteiger partial charge in [-0.25, -0.2) is 0 Å². The minimum absolute atomic E-state index is 0.327. The van der Waals surface area contributed by atoms with Crippen molar-refractivity contribution in [3.63, 3.8) is 0 Å². The third-order valence-corrected chi connectivity index (χ3v) is 5.58. The second-order valence-electron chi connectivity index (χ2n) is 7.01. The number of aryl methyl sites for hydroxylation is 1. The van der Waals surface area contributed by atoms with Crippen LogP contribution >= 0.6 is 0 Å². The summed E-state index contributed by atoms with van der Waals surface area (Å²) < 4.78 is 18.6. The molecule has 1 N–H and O–H groups in total. The van der Waals surface area contributed by atoms with Gasteiger partial charge < -0.3 is 24.1 Å². The van der Waals surface area contributed by atoms with Crippen LogP contribution in [0.1, 0.15) is 17.7 Å². The maximum Gasteiger partial charge on any atom is 0.162 e. The largest absolute Gasteiger partial charge is 0.493 e. The number of methoxy groups -OCH3 is 3. The molecule has 1 aliphatic rings. The quantitative estimate of drug-likeness (QED) is 0.725. The number of anilines is 2. The number of aromatic nitrogens is 1. The molecule has 0 radical (unpaired) electrons. The summed E-state index contributed by atoms with van der Waals surface area (Å²) in [5.41, 5.74) is 6.13. The Morgan fingerprint density at radius 3 is 2.44 bits per heavy atom. The maximum absolute atomic E-state index is 5.61. The molecule has 3 aromatic rings. The van der Waals surface area contributed by atoms with E-state index in [1.807, 2.05) is 25.3 Å². The minimum Gasteiger partial charge on any atom is -0.493 e. The van der Waals surface area contributed by atoms with Gasteiger partial charge in [-0.3, -0.25) is 0 Å². The van der Waals surface area contributed by atoms with E-state index in [0.29, 0.717) is 11.9 Å². The van der Waals surface area contributed by atoms with Crippen molar-refractivity contribution in [2.45, 2.75) is 25.4 Å². The molecular weight excluding hydrogens is 340 g/mol. The highest BCUT2D eigenvalue weighted by atomic mass is 16.5. The zero-order valence-corrected chi connectivity index (χ0v) is 16.3. The predicted molar refractivity (Wildman–Crippen MR) is 109 cm³/mol. The van der Waals surface area contributed by atoms with Crippen molar-refractivity contribution in [3.8, 4) is 11.5 Å². The van der Waals surface area contributed by atoms with Crippen molar-refractivity contribution in [2.75, 3.05) is 26.6 Å². The molecule has 1 heterocycles. The zero-order valence-electron chi connectivity index (χ0n) is 16.3. The van der Waals surface area contributed by atoms with Crippen LogP contribution in [0.3, 0.4) is 0 Å². The minimum atomic E-state index is 0.327. The normalized spacial score (nSPS) is 16.2. The van der Waals surface area contributed by atoms with E-state index in [1.165, 1.54) is 22.2 Å². The van der Waals surface area contributed by atoms with Crippen LogP contribution in [0.2, 0.25) is 0 Å². The first-order valence-corrected chi connectivity index (χ1v) is 9.26. The lowest BCUT2D eigenvalue weighted by Gasteiger charge is -2.22. The molecule has 5 nitrogen and oxygen atoms in total. The van der Waals surface area contributed by atoms with Gasteiger partial charge in [-0.2, -0.15) is 0 Å². The number of fused-ring (bicyclic) bond motifs is 3. The van der Waals surface area contributed by atoms with Gasteiger partial charge in [0.15, 0.2) is 11.5 Å². The fourth-order valence-electron chi connectivity index (χ4n) is 4.10. The van der Waals surface area contributed by atoms with Gasteiger partial charge in [-0.15, -0.1) is 0 Å². The Labute approximate surface area is 159 Å². The van der Waals surface area contributed by atoms with Gasteiger partial charge in [-0.1, -0.05) is 6.07 Å². The van der Waals surface area contributed by atoms with Crippen LogP contribution in [0.5, 0.6) is 11.5 Å². The van der Waals surface area contributed by atoms with E-state index in [9.17, 15) is 0 Å². The molecule has 4 rings (SSSR count). The number of hydrogen-bond acceptors (Lipinski definition) is 4. The Morgan fingerprint density at radius 2 is 1.70 bits per heavy atom. The van der Waals surface area contributed by atoms with Crippen molar-refractivity contribution >= 4 is 22.3 Å². The molecule has 2 aromatic carbocycles. The van der Waals surface area contributed by atoms with Crippen LogP contribution < -0.4 is 14.8 Å². The molecule has 0 aliphatic heterocycles. The van der Waals surface area contributed by atoms with Crippen molar-refractivity contribution in [2.24, 2.45) is 7.05 Å². The summed E-state index contributed by atoms with van der Waals surface area (Å²) in [7, 11) is 7.26. The number of hydrogen-bond donors (Lipinski definition) is 1. The van der Waals surface area contributed by atoms with Crippen molar-refractivity contribution in [1.82, 2.24) is 4.57 Å². The summed E-state index contributed by atoms with van der Waals surface area (Å²) in [6.45, 7) is 0. The van der Waals surface area contributed by atoms with Crippen LogP contribution in [-0.4, -0.2) is 32.0 Å². The molecule has 0 saturated carbocycles. The SMILES string of the molecule is COc1ccc(Nc2ccc3c4c(n(C)c3c2)CCC(OC)C4)cc1OC. The highest BCUT2D eigenvalue weighted by Crippen LogP contribution is 2.35. The summed E-state index contributed by atoms with van der Waals surface area (Å²) in [5, 5.41) is 4.80. The summed E-state index contributed by atoms with van der Waals surface area (Å²) in [4.78, 5) is 0. The standard InChI is InChI=1S/C22H26N2O3/c1-24-19-9-7-16(25-2)13-18(19)17-8-5-14(11-20(17)24)23-15-6-10-21(26-3)22(12-15)27-4/h5-6,8,10-12,16,23H,7,9,13H2,1-4H3. The zero-order chi connectivity index (χ0) is 19.0. The van der Waals surface area contributed by atoms with Crippen LogP contribution in [0.25, 0.3) is 10.9 Å². The predicted octanol–water partition coefficient (Wildman–Crippen LogP) is 4.44. The second-order valence-corrected chi connectivity index (χ2v) is 7.01. The van der Waals surface area contributed by atoms with Crippen LogP contribution in [0.15, 0.2) is 36.4 Å². The van der Waals surface area contributed by atoms with Gasteiger partial charge in [-0.05, 0) is 42.7 Å². The van der Waals surface area contributed by atoms with E-state index in [-0.39, 0.29) is 0 Å². The molecule has 1 aliphatic carbocycles. The first kappa shape index (κ1) is 17.7. The third-order valence-electron chi connectivity index (χ3n) is 5.58. The molecule has 1 aromatic heterocycles. The van der Waals surface area contributed by atoms with Crippen LogP contribution in [-0.2, 0) is 24.6 Å². The first-order chi connectivity index (χ1) is 13.1. The number of nitrogens with one attached hydrogen (secondary N) is 1. The maximum atomic E-state index is 5.61. The van der Waals surface area contributed by atoms with Crippen LogP contribution in [0.4, 0.5) is 11.4 Å². The fourth-order valence-corrected chi connectivity index (χ4v) is 4.10. The average Bonchev–Trinajstić information content (AvgIpc) is 2.99. The average molecular weight is 366 g/mol. The lowest BCUT2D eigenvalue weighted by Crippen LogP contribution is -2.21. The summed E-state index contributed by atoms with van der Waals surface area (Å²) >= 11 is 0. The second kappa shape index (κ2) is 7.16. The van der Waals surface area contributed by atoms with Crippen molar-refractivity contribution in [3.05, 3.63) is 47.7 Å². The third kappa shape index (κ3) is 3.12.